The molecule has 0 aliphatic carbocycles. The Morgan fingerprint density at radius 1 is 1.04 bits per heavy atom. The van der Waals surface area contributed by atoms with E-state index in [1.807, 2.05) is 10.6 Å². The van der Waals surface area contributed by atoms with E-state index in [0.29, 0.717) is 19.0 Å². The predicted octanol–water partition coefficient (Wildman–Crippen LogP) is 3.25. The molecule has 1 aromatic heterocycles. The van der Waals surface area contributed by atoms with Crippen LogP contribution in [0, 0.1) is 5.92 Å². The molecular weight excluding hydrogens is 346 g/mol. The summed E-state index contributed by atoms with van der Waals surface area (Å²) in [5.74, 6) is 1.53. The molecule has 2 aliphatic heterocycles. The minimum Gasteiger partial charge on any atom is -0.333 e. The molecule has 26 heavy (non-hydrogen) atoms. The maximum Gasteiger partial charge on any atom is 0.262 e. The summed E-state index contributed by atoms with van der Waals surface area (Å²) in [5.41, 5.74) is 1.37. The van der Waals surface area contributed by atoms with E-state index in [0.717, 1.165) is 57.3 Å². The monoisotopic (exact) mass is 373 g/mol. The van der Waals surface area contributed by atoms with E-state index in [2.05, 4.69) is 29.2 Å². The molecule has 0 spiro atoms. The van der Waals surface area contributed by atoms with E-state index in [1.165, 1.54) is 5.56 Å². The molecule has 0 bridgehead atoms. The molecule has 0 unspecified atom stereocenters. The Bertz CT molecular complexity index is 814. The molecule has 3 heterocycles. The number of hydrogen-bond acceptors (Lipinski definition) is 3. The smallest absolute Gasteiger partial charge is 0.262 e. The fourth-order valence-corrected chi connectivity index (χ4v) is 5.53. The van der Waals surface area contributed by atoms with Crippen molar-refractivity contribution in [3.63, 3.8) is 0 Å². The van der Waals surface area contributed by atoms with Gasteiger partial charge in [0.05, 0.1) is 0 Å². The lowest BCUT2D eigenvalue weighted by Gasteiger charge is -2.30. The summed E-state index contributed by atoms with van der Waals surface area (Å²) in [7, 11) is -3.45. The van der Waals surface area contributed by atoms with Crippen LogP contribution in [0.3, 0.4) is 0 Å². The zero-order chi connectivity index (χ0) is 18.0. The summed E-state index contributed by atoms with van der Waals surface area (Å²) in [5, 5.41) is 0.247. The van der Waals surface area contributed by atoms with Crippen molar-refractivity contribution in [1.29, 1.82) is 0 Å². The zero-order valence-electron chi connectivity index (χ0n) is 15.2. The van der Waals surface area contributed by atoms with E-state index in [1.54, 1.807) is 10.5 Å². The molecule has 1 aromatic carbocycles. The van der Waals surface area contributed by atoms with Gasteiger partial charge in [-0.05, 0) is 50.0 Å². The van der Waals surface area contributed by atoms with Crippen LogP contribution >= 0.6 is 0 Å². The lowest BCUT2D eigenvalue weighted by Crippen LogP contribution is -2.38. The average Bonchev–Trinajstić information content (AvgIpc) is 3.13. The van der Waals surface area contributed by atoms with Crippen molar-refractivity contribution < 1.29 is 8.42 Å². The summed E-state index contributed by atoms with van der Waals surface area (Å²) in [6.07, 6.45) is 8.93. The van der Waals surface area contributed by atoms with Gasteiger partial charge >= 0.3 is 0 Å². The average molecular weight is 374 g/mol. The van der Waals surface area contributed by atoms with Crippen LogP contribution in [-0.2, 0) is 29.4 Å². The van der Waals surface area contributed by atoms with Gasteiger partial charge in [-0.15, -0.1) is 0 Å². The SMILES string of the molecule is O=S(=O)(c1cn2c(n1)CCCC2)N1CCC(CCc2ccccc2)CC1. The van der Waals surface area contributed by atoms with Crippen LogP contribution in [-0.4, -0.2) is 35.4 Å². The van der Waals surface area contributed by atoms with Crippen molar-refractivity contribution in [2.45, 2.75) is 56.5 Å². The Balaban J connectivity index is 1.35. The summed E-state index contributed by atoms with van der Waals surface area (Å²) in [6.45, 7) is 2.12. The number of aromatic nitrogens is 2. The molecule has 2 aromatic rings. The molecule has 6 heteroatoms. The molecule has 1 fully saturated rings. The molecule has 5 nitrogen and oxygen atoms in total. The molecule has 0 radical (unpaired) electrons. The van der Waals surface area contributed by atoms with Gasteiger partial charge in [0.1, 0.15) is 5.82 Å². The van der Waals surface area contributed by atoms with Crippen molar-refractivity contribution in [3.05, 3.63) is 47.9 Å². The van der Waals surface area contributed by atoms with Crippen LogP contribution in [0.1, 0.15) is 43.5 Å². The number of fused-ring (bicyclic) bond motifs is 1. The van der Waals surface area contributed by atoms with Crippen LogP contribution in [0.4, 0.5) is 0 Å². The molecular formula is C20H27N3O2S. The van der Waals surface area contributed by atoms with Gasteiger partial charge in [-0.2, -0.15) is 4.31 Å². The van der Waals surface area contributed by atoms with Crippen LogP contribution in [0.5, 0.6) is 0 Å². The first-order chi connectivity index (χ1) is 12.6. The van der Waals surface area contributed by atoms with Crippen LogP contribution in [0.2, 0.25) is 0 Å². The summed E-state index contributed by atoms with van der Waals surface area (Å²) >= 11 is 0. The second-order valence-electron chi connectivity index (χ2n) is 7.52. The largest absolute Gasteiger partial charge is 0.333 e. The first-order valence-electron chi connectivity index (χ1n) is 9.73. The van der Waals surface area contributed by atoms with Crippen molar-refractivity contribution in [2.24, 2.45) is 5.92 Å². The first kappa shape index (κ1) is 17.7. The maximum atomic E-state index is 12.9. The lowest BCUT2D eigenvalue weighted by molar-refractivity contribution is 0.263. The fraction of sp³-hybridized carbons (Fsp3) is 0.550. The number of hydrogen-bond donors (Lipinski definition) is 0. The van der Waals surface area contributed by atoms with Gasteiger partial charge in [-0.1, -0.05) is 30.3 Å². The van der Waals surface area contributed by atoms with Crippen LogP contribution < -0.4 is 0 Å². The van der Waals surface area contributed by atoms with Crippen molar-refractivity contribution in [1.82, 2.24) is 13.9 Å². The van der Waals surface area contributed by atoms with E-state index >= 15 is 0 Å². The quantitative estimate of drug-likeness (QED) is 0.808. The second-order valence-corrected chi connectivity index (χ2v) is 9.40. The Morgan fingerprint density at radius 3 is 2.54 bits per heavy atom. The van der Waals surface area contributed by atoms with Gasteiger partial charge < -0.3 is 4.57 Å². The van der Waals surface area contributed by atoms with E-state index in [4.69, 9.17) is 0 Å². The van der Waals surface area contributed by atoms with E-state index < -0.39 is 10.0 Å². The normalized spacial score (nSPS) is 19.4. The predicted molar refractivity (Wildman–Crippen MR) is 101 cm³/mol. The minimum atomic E-state index is -3.45. The third-order valence-electron chi connectivity index (χ3n) is 5.75. The number of benzene rings is 1. The highest BCUT2D eigenvalue weighted by Crippen LogP contribution is 2.27. The number of sulfonamides is 1. The first-order valence-corrected chi connectivity index (χ1v) is 11.2. The van der Waals surface area contributed by atoms with Crippen LogP contribution in [0.25, 0.3) is 0 Å². The lowest BCUT2D eigenvalue weighted by atomic mass is 9.91. The Labute approximate surface area is 156 Å². The summed E-state index contributed by atoms with van der Waals surface area (Å²) < 4.78 is 29.5. The Morgan fingerprint density at radius 2 is 1.81 bits per heavy atom. The highest BCUT2D eigenvalue weighted by Gasteiger charge is 2.32. The third kappa shape index (κ3) is 3.71. The molecule has 0 amide bonds. The highest BCUT2D eigenvalue weighted by atomic mass is 32.2. The maximum absolute atomic E-state index is 12.9. The molecule has 0 N–H and O–H groups in total. The highest BCUT2D eigenvalue weighted by molar-refractivity contribution is 7.89. The molecule has 0 atom stereocenters. The topological polar surface area (TPSA) is 55.2 Å². The molecule has 1 saturated heterocycles. The fourth-order valence-electron chi connectivity index (χ4n) is 4.10. The van der Waals surface area contributed by atoms with Gasteiger partial charge in [-0.25, -0.2) is 13.4 Å². The van der Waals surface area contributed by atoms with Crippen molar-refractivity contribution in [3.8, 4) is 0 Å². The van der Waals surface area contributed by atoms with Gasteiger partial charge in [0.15, 0.2) is 5.03 Å². The number of imidazole rings is 1. The summed E-state index contributed by atoms with van der Waals surface area (Å²) in [6, 6.07) is 10.5. The second kappa shape index (κ2) is 7.53. The number of piperidine rings is 1. The molecule has 140 valence electrons. The zero-order valence-corrected chi connectivity index (χ0v) is 16.0. The van der Waals surface area contributed by atoms with E-state index in [9.17, 15) is 8.42 Å². The number of aryl methyl sites for hydroxylation is 3. The molecule has 0 saturated carbocycles. The standard InChI is InChI=1S/C20H27N3O2S/c24-26(25,20-16-22-13-5-4-8-19(22)21-20)23-14-11-18(12-15-23)10-9-17-6-2-1-3-7-17/h1-3,6-7,16,18H,4-5,8-15H2. The van der Waals surface area contributed by atoms with Gasteiger partial charge in [0.2, 0.25) is 0 Å². The van der Waals surface area contributed by atoms with Crippen LogP contribution in [0.15, 0.2) is 41.6 Å². The number of nitrogens with zero attached hydrogens (tertiary/aromatic N) is 3. The Hall–Kier alpha value is -1.66. The third-order valence-corrected chi connectivity index (χ3v) is 7.52. The van der Waals surface area contributed by atoms with Crippen molar-refractivity contribution >= 4 is 10.0 Å². The summed E-state index contributed by atoms with van der Waals surface area (Å²) in [4.78, 5) is 4.43. The Kier molecular flexibility index (Phi) is 5.14. The van der Waals surface area contributed by atoms with Crippen molar-refractivity contribution in [2.75, 3.05) is 13.1 Å². The van der Waals surface area contributed by atoms with E-state index in [-0.39, 0.29) is 5.03 Å². The van der Waals surface area contributed by atoms with Gasteiger partial charge in [-0.3, -0.25) is 0 Å². The molecule has 4 rings (SSSR count). The van der Waals surface area contributed by atoms with Gasteiger partial charge in [0, 0.05) is 32.3 Å². The van der Waals surface area contributed by atoms with Gasteiger partial charge in [0.25, 0.3) is 10.0 Å². The number of rotatable bonds is 5. The minimum absolute atomic E-state index is 0.247. The molecule has 2 aliphatic rings.